The van der Waals surface area contributed by atoms with Gasteiger partial charge in [0.15, 0.2) is 0 Å². The molecular formula is C14H19ClN2O2. The van der Waals surface area contributed by atoms with Gasteiger partial charge in [0.2, 0.25) is 5.91 Å². The summed E-state index contributed by atoms with van der Waals surface area (Å²) in [4.78, 5) is 11.8. The van der Waals surface area contributed by atoms with E-state index < -0.39 is 0 Å². The van der Waals surface area contributed by atoms with Crippen molar-refractivity contribution in [1.29, 1.82) is 0 Å². The van der Waals surface area contributed by atoms with Gasteiger partial charge in [-0.3, -0.25) is 4.79 Å². The summed E-state index contributed by atoms with van der Waals surface area (Å²) in [5.74, 6) is 1.05. The number of nitrogens with one attached hydrogen (secondary N) is 2. The summed E-state index contributed by atoms with van der Waals surface area (Å²) in [5.41, 5.74) is 0. The van der Waals surface area contributed by atoms with Crippen LogP contribution in [0.4, 0.5) is 0 Å². The molecule has 0 radical (unpaired) electrons. The van der Waals surface area contributed by atoms with Crippen molar-refractivity contribution in [3.8, 4) is 5.75 Å². The van der Waals surface area contributed by atoms with Crippen molar-refractivity contribution in [2.45, 2.75) is 12.8 Å². The number of rotatable bonds is 5. The molecule has 1 aromatic carbocycles. The smallest absolute Gasteiger partial charge is 0.223 e. The van der Waals surface area contributed by atoms with Crippen molar-refractivity contribution in [3.05, 3.63) is 29.3 Å². The van der Waals surface area contributed by atoms with Gasteiger partial charge in [-0.15, -0.1) is 0 Å². The number of carbonyl (C=O) groups is 1. The summed E-state index contributed by atoms with van der Waals surface area (Å²) in [7, 11) is 0. The lowest BCUT2D eigenvalue weighted by Gasteiger charge is -2.21. The van der Waals surface area contributed by atoms with Crippen LogP contribution in [0.5, 0.6) is 5.75 Å². The Morgan fingerprint density at radius 2 is 2.00 bits per heavy atom. The van der Waals surface area contributed by atoms with Gasteiger partial charge in [0.05, 0.1) is 6.54 Å². The third-order valence-corrected chi connectivity index (χ3v) is 3.45. The van der Waals surface area contributed by atoms with E-state index in [9.17, 15) is 4.79 Å². The number of piperidine rings is 1. The van der Waals surface area contributed by atoms with Gasteiger partial charge in [-0.05, 0) is 50.2 Å². The molecule has 104 valence electrons. The van der Waals surface area contributed by atoms with Crippen molar-refractivity contribution in [3.63, 3.8) is 0 Å². The van der Waals surface area contributed by atoms with E-state index in [0.717, 1.165) is 31.7 Å². The van der Waals surface area contributed by atoms with E-state index in [4.69, 9.17) is 16.3 Å². The minimum atomic E-state index is 0.140. The van der Waals surface area contributed by atoms with Crippen LogP contribution in [-0.2, 0) is 4.79 Å². The zero-order valence-electron chi connectivity index (χ0n) is 10.8. The highest BCUT2D eigenvalue weighted by Crippen LogP contribution is 2.15. The Kier molecular flexibility index (Phi) is 5.48. The Bertz CT molecular complexity index is 402. The quantitative estimate of drug-likeness (QED) is 0.810. The number of hydrogen-bond acceptors (Lipinski definition) is 3. The first-order valence-corrected chi connectivity index (χ1v) is 7.00. The Hall–Kier alpha value is -1.26. The highest BCUT2D eigenvalue weighted by atomic mass is 35.5. The van der Waals surface area contributed by atoms with Crippen LogP contribution in [0.1, 0.15) is 12.8 Å². The lowest BCUT2D eigenvalue weighted by atomic mass is 9.97. The molecule has 1 aliphatic heterocycles. The van der Waals surface area contributed by atoms with Gasteiger partial charge in [-0.25, -0.2) is 0 Å². The van der Waals surface area contributed by atoms with Gasteiger partial charge in [-0.1, -0.05) is 11.6 Å². The number of ether oxygens (including phenoxy) is 1. The van der Waals surface area contributed by atoms with Crippen LogP contribution in [-0.4, -0.2) is 32.1 Å². The molecule has 19 heavy (non-hydrogen) atoms. The fourth-order valence-corrected chi connectivity index (χ4v) is 2.23. The zero-order chi connectivity index (χ0) is 13.5. The van der Waals surface area contributed by atoms with E-state index in [1.807, 2.05) is 12.1 Å². The van der Waals surface area contributed by atoms with E-state index in [1.54, 1.807) is 12.1 Å². The molecule has 2 N–H and O–H groups in total. The molecule has 5 heteroatoms. The maximum absolute atomic E-state index is 11.8. The molecule has 2 rings (SSSR count). The molecule has 0 atom stereocenters. The van der Waals surface area contributed by atoms with Gasteiger partial charge in [0, 0.05) is 10.9 Å². The summed E-state index contributed by atoms with van der Waals surface area (Å²) in [6, 6.07) is 7.20. The van der Waals surface area contributed by atoms with Gasteiger partial charge in [0.1, 0.15) is 12.4 Å². The minimum Gasteiger partial charge on any atom is -0.492 e. The Morgan fingerprint density at radius 1 is 1.32 bits per heavy atom. The van der Waals surface area contributed by atoms with Crippen LogP contribution in [0.2, 0.25) is 5.02 Å². The number of halogens is 1. The minimum absolute atomic E-state index is 0.140. The molecule has 1 aromatic rings. The van der Waals surface area contributed by atoms with E-state index in [-0.39, 0.29) is 11.8 Å². The lowest BCUT2D eigenvalue weighted by molar-refractivity contribution is -0.125. The highest BCUT2D eigenvalue weighted by Gasteiger charge is 2.20. The number of benzene rings is 1. The largest absolute Gasteiger partial charge is 0.492 e. The van der Waals surface area contributed by atoms with Gasteiger partial charge >= 0.3 is 0 Å². The molecule has 0 spiro atoms. The molecule has 0 saturated carbocycles. The van der Waals surface area contributed by atoms with E-state index in [2.05, 4.69) is 10.6 Å². The summed E-state index contributed by atoms with van der Waals surface area (Å²) in [6.45, 7) is 2.86. The Morgan fingerprint density at radius 3 is 2.68 bits per heavy atom. The van der Waals surface area contributed by atoms with Crippen LogP contribution in [0.3, 0.4) is 0 Å². The molecule has 1 aliphatic rings. The molecule has 0 unspecified atom stereocenters. The van der Waals surface area contributed by atoms with Crippen molar-refractivity contribution < 1.29 is 9.53 Å². The van der Waals surface area contributed by atoms with Gasteiger partial charge < -0.3 is 15.4 Å². The third kappa shape index (κ3) is 4.73. The molecule has 0 aliphatic carbocycles. The topological polar surface area (TPSA) is 50.4 Å². The second-order valence-corrected chi connectivity index (χ2v) is 5.05. The summed E-state index contributed by atoms with van der Waals surface area (Å²) in [6.07, 6.45) is 1.84. The molecular weight excluding hydrogens is 264 g/mol. The van der Waals surface area contributed by atoms with E-state index in [0.29, 0.717) is 18.2 Å². The summed E-state index contributed by atoms with van der Waals surface area (Å²) < 4.78 is 5.51. The molecule has 0 aromatic heterocycles. The fraction of sp³-hybridized carbons (Fsp3) is 0.500. The standard InChI is InChI=1S/C14H19ClN2O2/c15-12-1-3-13(4-2-12)19-10-9-17-14(18)11-5-7-16-8-6-11/h1-4,11,16H,5-10H2,(H,17,18). The van der Waals surface area contributed by atoms with Crippen molar-refractivity contribution in [1.82, 2.24) is 10.6 Å². The normalized spacial score (nSPS) is 16.1. The Labute approximate surface area is 118 Å². The number of carbonyl (C=O) groups excluding carboxylic acids is 1. The van der Waals surface area contributed by atoms with Gasteiger partial charge in [0.25, 0.3) is 0 Å². The van der Waals surface area contributed by atoms with Gasteiger partial charge in [-0.2, -0.15) is 0 Å². The predicted molar refractivity (Wildman–Crippen MR) is 75.6 cm³/mol. The maximum atomic E-state index is 11.8. The molecule has 1 fully saturated rings. The molecule has 0 bridgehead atoms. The number of amides is 1. The first-order valence-electron chi connectivity index (χ1n) is 6.62. The lowest BCUT2D eigenvalue weighted by Crippen LogP contribution is -2.39. The molecule has 1 saturated heterocycles. The maximum Gasteiger partial charge on any atom is 0.223 e. The molecule has 1 amide bonds. The van der Waals surface area contributed by atoms with Crippen LogP contribution in [0.15, 0.2) is 24.3 Å². The van der Waals surface area contributed by atoms with E-state index in [1.165, 1.54) is 0 Å². The SMILES string of the molecule is O=C(NCCOc1ccc(Cl)cc1)C1CCNCC1. The van der Waals surface area contributed by atoms with Crippen molar-refractivity contribution in [2.24, 2.45) is 5.92 Å². The van der Waals surface area contributed by atoms with Crippen LogP contribution < -0.4 is 15.4 Å². The highest BCUT2D eigenvalue weighted by molar-refractivity contribution is 6.30. The monoisotopic (exact) mass is 282 g/mol. The van der Waals surface area contributed by atoms with Crippen LogP contribution in [0, 0.1) is 5.92 Å². The van der Waals surface area contributed by atoms with Crippen LogP contribution in [0.25, 0.3) is 0 Å². The number of hydrogen-bond donors (Lipinski definition) is 2. The average molecular weight is 283 g/mol. The molecule has 4 nitrogen and oxygen atoms in total. The van der Waals surface area contributed by atoms with Crippen molar-refractivity contribution in [2.75, 3.05) is 26.2 Å². The second-order valence-electron chi connectivity index (χ2n) is 4.62. The van der Waals surface area contributed by atoms with Crippen LogP contribution >= 0.6 is 11.6 Å². The van der Waals surface area contributed by atoms with E-state index >= 15 is 0 Å². The summed E-state index contributed by atoms with van der Waals surface area (Å²) >= 11 is 5.78. The van der Waals surface area contributed by atoms with Crippen molar-refractivity contribution >= 4 is 17.5 Å². The predicted octanol–water partition coefficient (Wildman–Crippen LogP) is 1.83. The third-order valence-electron chi connectivity index (χ3n) is 3.19. The second kappa shape index (κ2) is 7.36. The Balaban J connectivity index is 1.63. The first-order chi connectivity index (χ1) is 9.25. The first kappa shape index (κ1) is 14.2. The summed E-state index contributed by atoms with van der Waals surface area (Å²) in [5, 5.41) is 6.85. The molecule has 1 heterocycles. The average Bonchev–Trinajstić information content (AvgIpc) is 2.46. The zero-order valence-corrected chi connectivity index (χ0v) is 11.6. The fourth-order valence-electron chi connectivity index (χ4n) is 2.10.